The summed E-state index contributed by atoms with van der Waals surface area (Å²) < 4.78 is 24.0. The summed E-state index contributed by atoms with van der Waals surface area (Å²) in [6, 6.07) is 28.8. The number of ether oxygens (including phenoxy) is 3. The van der Waals surface area contributed by atoms with Gasteiger partial charge in [-0.15, -0.1) is 6.58 Å². The fraction of sp³-hybridized carbons (Fsp3) is 0.394. The first-order valence-electron chi connectivity index (χ1n) is 13.6. The average Bonchev–Trinajstić information content (AvgIpc) is 2.96. The van der Waals surface area contributed by atoms with Gasteiger partial charge < -0.3 is 23.7 Å². The molecule has 0 bridgehead atoms. The maximum absolute atomic E-state index is 11.2. The van der Waals surface area contributed by atoms with Crippen molar-refractivity contribution in [1.82, 2.24) is 0 Å². The predicted molar refractivity (Wildman–Crippen MR) is 161 cm³/mol. The molecule has 0 aliphatic heterocycles. The van der Waals surface area contributed by atoms with Gasteiger partial charge in [0.25, 0.3) is 8.32 Å². The summed E-state index contributed by atoms with van der Waals surface area (Å²) in [6.45, 7) is 13.8. The number of rotatable bonds is 15. The summed E-state index contributed by atoms with van der Waals surface area (Å²) >= 11 is 0. The minimum Gasteiger partial charge on any atom is -0.497 e. The molecule has 5 nitrogen and oxygen atoms in total. The van der Waals surface area contributed by atoms with E-state index < -0.39 is 14.4 Å². The van der Waals surface area contributed by atoms with E-state index >= 15 is 0 Å². The van der Waals surface area contributed by atoms with Crippen molar-refractivity contribution >= 4 is 18.7 Å². The lowest BCUT2D eigenvalue weighted by Gasteiger charge is -2.44. The number of benzene rings is 3. The van der Waals surface area contributed by atoms with Crippen molar-refractivity contribution in [1.29, 1.82) is 0 Å². The second-order valence-corrected chi connectivity index (χ2v) is 15.3. The lowest BCUT2D eigenvalue weighted by atomic mass is 9.93. The first-order chi connectivity index (χ1) is 18.7. The lowest BCUT2D eigenvalue weighted by molar-refractivity contribution is -0.0927. The standard InChI is InChI=1S/C33H44O5Si/c1-7-26(2)32(34)28(23-37-25-36-22-27-18-20-29(35-6)21-19-27)24-38-39(33(3,4)5,30-14-10-8-11-15-30)31-16-12-9-13-17-31/h7-21,26,28,32,34H,1,22-25H2,2-6H3/t26-,28+,32+/m1/s1. The van der Waals surface area contributed by atoms with E-state index in [1.165, 1.54) is 10.4 Å². The minimum atomic E-state index is -2.74. The molecule has 0 aromatic heterocycles. The zero-order valence-corrected chi connectivity index (χ0v) is 25.0. The first kappa shape index (κ1) is 30.8. The van der Waals surface area contributed by atoms with E-state index in [4.69, 9.17) is 18.6 Å². The van der Waals surface area contributed by atoms with Crippen LogP contribution in [0.2, 0.25) is 5.04 Å². The number of aliphatic hydroxyl groups excluding tert-OH is 1. The Labute approximate surface area is 235 Å². The van der Waals surface area contributed by atoms with E-state index in [1.54, 1.807) is 13.2 Å². The second-order valence-electron chi connectivity index (χ2n) is 11.0. The highest BCUT2D eigenvalue weighted by atomic mass is 28.4. The molecule has 0 unspecified atom stereocenters. The lowest BCUT2D eigenvalue weighted by Crippen LogP contribution is -2.67. The Kier molecular flexibility index (Phi) is 11.5. The predicted octanol–water partition coefficient (Wildman–Crippen LogP) is 5.56. The molecule has 0 radical (unpaired) electrons. The van der Waals surface area contributed by atoms with E-state index in [0.29, 0.717) is 19.8 Å². The van der Waals surface area contributed by atoms with Gasteiger partial charge in [-0.2, -0.15) is 0 Å². The third-order valence-electron chi connectivity index (χ3n) is 7.25. The van der Waals surface area contributed by atoms with Crippen molar-refractivity contribution in [2.45, 2.75) is 45.4 Å². The van der Waals surface area contributed by atoms with Crippen LogP contribution in [0.15, 0.2) is 97.6 Å². The van der Waals surface area contributed by atoms with Crippen LogP contribution in [-0.2, 0) is 20.5 Å². The molecule has 39 heavy (non-hydrogen) atoms. The van der Waals surface area contributed by atoms with Gasteiger partial charge in [-0.1, -0.05) is 107 Å². The molecule has 0 heterocycles. The van der Waals surface area contributed by atoms with Gasteiger partial charge in [0.2, 0.25) is 0 Å². The molecule has 0 aliphatic rings. The topological polar surface area (TPSA) is 57.2 Å². The van der Waals surface area contributed by atoms with Crippen LogP contribution in [0.5, 0.6) is 5.75 Å². The summed E-state index contributed by atoms with van der Waals surface area (Å²) in [4.78, 5) is 0. The highest BCUT2D eigenvalue weighted by molar-refractivity contribution is 6.99. The van der Waals surface area contributed by atoms with E-state index in [2.05, 4.69) is 75.9 Å². The maximum Gasteiger partial charge on any atom is 0.261 e. The van der Waals surface area contributed by atoms with Crippen molar-refractivity contribution in [2.75, 3.05) is 27.1 Å². The van der Waals surface area contributed by atoms with Crippen LogP contribution in [0, 0.1) is 11.8 Å². The van der Waals surface area contributed by atoms with E-state index in [9.17, 15) is 5.11 Å². The Morgan fingerprint density at radius 2 is 1.41 bits per heavy atom. The Morgan fingerprint density at radius 3 is 1.90 bits per heavy atom. The molecule has 3 atom stereocenters. The number of hydrogen-bond acceptors (Lipinski definition) is 5. The molecule has 0 aliphatic carbocycles. The summed E-state index contributed by atoms with van der Waals surface area (Å²) in [7, 11) is -1.10. The number of methoxy groups -OCH3 is 1. The molecule has 3 aromatic rings. The molecule has 6 heteroatoms. The van der Waals surface area contributed by atoms with E-state index in [-0.39, 0.29) is 23.7 Å². The fourth-order valence-corrected chi connectivity index (χ4v) is 9.57. The van der Waals surface area contributed by atoms with E-state index in [0.717, 1.165) is 11.3 Å². The molecule has 0 saturated heterocycles. The molecule has 0 fully saturated rings. The van der Waals surface area contributed by atoms with Crippen LogP contribution in [0.1, 0.15) is 33.3 Å². The second kappa shape index (κ2) is 14.6. The molecule has 0 amide bonds. The third-order valence-corrected chi connectivity index (χ3v) is 12.3. The largest absolute Gasteiger partial charge is 0.497 e. The normalized spacial score (nSPS) is 14.4. The highest BCUT2D eigenvalue weighted by Gasteiger charge is 2.50. The molecule has 0 saturated carbocycles. The Balaban J connectivity index is 1.76. The Bertz CT molecular complexity index is 1070. The van der Waals surface area contributed by atoms with Gasteiger partial charge in [-0.05, 0) is 33.1 Å². The van der Waals surface area contributed by atoms with Crippen LogP contribution >= 0.6 is 0 Å². The molecule has 3 rings (SSSR count). The number of aliphatic hydroxyl groups is 1. The van der Waals surface area contributed by atoms with Crippen LogP contribution in [0.3, 0.4) is 0 Å². The van der Waals surface area contributed by atoms with Gasteiger partial charge in [0.15, 0.2) is 0 Å². The molecular weight excluding hydrogens is 504 g/mol. The Morgan fingerprint density at radius 1 is 0.846 bits per heavy atom. The first-order valence-corrected chi connectivity index (χ1v) is 15.5. The third kappa shape index (κ3) is 7.90. The number of hydrogen-bond donors (Lipinski definition) is 1. The summed E-state index contributed by atoms with van der Waals surface area (Å²) in [6.07, 6.45) is 1.11. The SMILES string of the molecule is C=C[C@@H](C)[C@H](O)[C@@H](COCOCc1ccc(OC)cc1)CO[Si](c1ccccc1)(c1ccccc1)C(C)(C)C. The van der Waals surface area contributed by atoms with Gasteiger partial charge in [0, 0.05) is 18.4 Å². The van der Waals surface area contributed by atoms with Crippen molar-refractivity contribution < 1.29 is 23.7 Å². The summed E-state index contributed by atoms with van der Waals surface area (Å²) in [5.41, 5.74) is 1.03. The molecule has 210 valence electrons. The van der Waals surface area contributed by atoms with Crippen LogP contribution in [0.4, 0.5) is 0 Å². The average molecular weight is 549 g/mol. The summed E-state index contributed by atoms with van der Waals surface area (Å²) in [5, 5.41) is 13.5. The zero-order chi connectivity index (χ0) is 28.3. The van der Waals surface area contributed by atoms with Crippen molar-refractivity contribution in [3.63, 3.8) is 0 Å². The van der Waals surface area contributed by atoms with Crippen molar-refractivity contribution in [3.05, 3.63) is 103 Å². The van der Waals surface area contributed by atoms with Crippen LogP contribution in [0.25, 0.3) is 0 Å². The van der Waals surface area contributed by atoms with Crippen LogP contribution < -0.4 is 15.1 Å². The van der Waals surface area contributed by atoms with Crippen molar-refractivity contribution in [3.8, 4) is 5.75 Å². The van der Waals surface area contributed by atoms with E-state index in [1.807, 2.05) is 43.3 Å². The molecule has 0 spiro atoms. The van der Waals surface area contributed by atoms with Gasteiger partial charge in [0.1, 0.15) is 12.5 Å². The fourth-order valence-electron chi connectivity index (χ4n) is 4.95. The minimum absolute atomic E-state index is 0.110. The smallest absolute Gasteiger partial charge is 0.261 e. The van der Waals surface area contributed by atoms with Crippen LogP contribution in [-0.4, -0.2) is 46.6 Å². The van der Waals surface area contributed by atoms with Gasteiger partial charge in [0.05, 0.1) is 26.4 Å². The Hall–Kier alpha value is -2.74. The summed E-state index contributed by atoms with van der Waals surface area (Å²) in [5.74, 6) is 0.440. The molecular formula is C33H44O5Si. The molecule has 1 N–H and O–H groups in total. The highest BCUT2D eigenvalue weighted by Crippen LogP contribution is 2.37. The van der Waals surface area contributed by atoms with Gasteiger partial charge >= 0.3 is 0 Å². The zero-order valence-electron chi connectivity index (χ0n) is 24.0. The monoisotopic (exact) mass is 548 g/mol. The maximum atomic E-state index is 11.2. The van der Waals surface area contributed by atoms with Gasteiger partial charge in [-0.25, -0.2) is 0 Å². The van der Waals surface area contributed by atoms with Gasteiger partial charge in [-0.3, -0.25) is 0 Å². The molecule has 3 aromatic carbocycles. The van der Waals surface area contributed by atoms with Crippen molar-refractivity contribution in [2.24, 2.45) is 11.8 Å². The quantitative estimate of drug-likeness (QED) is 0.117.